The Kier molecular flexibility index (Phi) is 5.97. The molecule has 0 radical (unpaired) electrons. The number of hydrogen-bond donors (Lipinski definition) is 1. The van der Waals surface area contributed by atoms with Crippen LogP contribution in [0.2, 0.25) is 0 Å². The van der Waals surface area contributed by atoms with Gasteiger partial charge >= 0.3 is 6.61 Å². The lowest BCUT2D eigenvalue weighted by Crippen LogP contribution is -2.44. The van der Waals surface area contributed by atoms with Crippen molar-refractivity contribution in [3.05, 3.63) is 35.5 Å². The third kappa shape index (κ3) is 4.08. The number of benzene rings is 1. The molecule has 1 aromatic heterocycles. The van der Waals surface area contributed by atoms with Gasteiger partial charge in [-0.3, -0.25) is 0 Å². The molecule has 136 valence electrons. The van der Waals surface area contributed by atoms with Crippen LogP contribution in [0, 0.1) is 0 Å². The Balaban J connectivity index is 0.00000225. The predicted octanol–water partition coefficient (Wildman–Crippen LogP) is 3.61. The maximum atomic E-state index is 12.6. The van der Waals surface area contributed by atoms with Gasteiger partial charge in [-0.15, -0.1) is 12.4 Å². The van der Waals surface area contributed by atoms with Crippen molar-refractivity contribution >= 4 is 24.6 Å². The van der Waals surface area contributed by atoms with Crippen molar-refractivity contribution in [2.75, 3.05) is 7.11 Å². The highest BCUT2D eigenvalue weighted by atomic mass is 35.5. The summed E-state index contributed by atoms with van der Waals surface area (Å²) in [7, 11) is 1.38. The second-order valence-electron chi connectivity index (χ2n) is 5.56. The van der Waals surface area contributed by atoms with E-state index in [-0.39, 0.29) is 29.8 Å². The second kappa shape index (κ2) is 7.79. The first kappa shape index (κ1) is 19.1. The van der Waals surface area contributed by atoms with Gasteiger partial charge in [0, 0.05) is 11.6 Å². The first-order valence-corrected chi connectivity index (χ1v) is 7.45. The molecule has 2 N–H and O–H groups in total. The van der Waals surface area contributed by atoms with E-state index in [1.807, 2.05) is 0 Å². The fourth-order valence-electron chi connectivity index (χ4n) is 2.49. The summed E-state index contributed by atoms with van der Waals surface area (Å²) in [6, 6.07) is 4.82. The maximum Gasteiger partial charge on any atom is 0.387 e. The Morgan fingerprint density at radius 1 is 1.32 bits per heavy atom. The molecule has 0 spiro atoms. The van der Waals surface area contributed by atoms with E-state index in [1.165, 1.54) is 19.3 Å². The zero-order valence-corrected chi connectivity index (χ0v) is 14.3. The zero-order chi connectivity index (χ0) is 17.2. The molecule has 25 heavy (non-hydrogen) atoms. The molecule has 2 aromatic rings. The fraction of sp³-hybridized carbons (Fsp3) is 0.375. The van der Waals surface area contributed by atoms with Crippen molar-refractivity contribution in [3.8, 4) is 11.5 Å². The average molecular weight is 374 g/mol. The van der Waals surface area contributed by atoms with Crippen molar-refractivity contribution in [1.29, 1.82) is 0 Å². The number of aromatic nitrogens is 2. The molecule has 0 aliphatic heterocycles. The molecule has 1 aliphatic carbocycles. The third-order valence-corrected chi connectivity index (χ3v) is 3.97. The van der Waals surface area contributed by atoms with Crippen molar-refractivity contribution in [3.63, 3.8) is 0 Å². The van der Waals surface area contributed by atoms with Gasteiger partial charge in [-0.2, -0.15) is 13.8 Å². The van der Waals surface area contributed by atoms with Gasteiger partial charge in [-0.1, -0.05) is 17.3 Å². The minimum Gasteiger partial charge on any atom is -0.493 e. The Morgan fingerprint density at radius 2 is 2.08 bits per heavy atom. The topological polar surface area (TPSA) is 83.4 Å². The quantitative estimate of drug-likeness (QED) is 0.832. The van der Waals surface area contributed by atoms with E-state index in [2.05, 4.69) is 14.9 Å². The van der Waals surface area contributed by atoms with E-state index in [4.69, 9.17) is 15.0 Å². The number of hydrogen-bond acceptors (Lipinski definition) is 6. The molecule has 0 amide bonds. The SMILES string of the molecule is COc1cccc(/C=C/c2nc(C3(N)CCC3)no2)c1OC(F)F.Cl. The van der Waals surface area contributed by atoms with Gasteiger partial charge in [0.05, 0.1) is 12.6 Å². The van der Waals surface area contributed by atoms with Crippen molar-refractivity contribution < 1.29 is 22.8 Å². The number of para-hydroxylation sites is 1. The molecule has 1 aromatic carbocycles. The van der Waals surface area contributed by atoms with Crippen LogP contribution in [0.15, 0.2) is 22.7 Å². The summed E-state index contributed by atoms with van der Waals surface area (Å²) in [6.45, 7) is -2.96. The third-order valence-electron chi connectivity index (χ3n) is 3.97. The first-order chi connectivity index (χ1) is 11.5. The van der Waals surface area contributed by atoms with Crippen molar-refractivity contribution in [1.82, 2.24) is 10.1 Å². The van der Waals surface area contributed by atoms with Crippen LogP contribution in [0.5, 0.6) is 11.5 Å². The first-order valence-electron chi connectivity index (χ1n) is 7.45. The summed E-state index contributed by atoms with van der Waals surface area (Å²) in [4.78, 5) is 4.24. The minimum atomic E-state index is -2.96. The molecule has 0 unspecified atom stereocenters. The summed E-state index contributed by atoms with van der Waals surface area (Å²) in [6.07, 6.45) is 5.73. The second-order valence-corrected chi connectivity index (χ2v) is 5.56. The van der Waals surface area contributed by atoms with Gasteiger partial charge in [-0.25, -0.2) is 0 Å². The molecule has 1 saturated carbocycles. The largest absolute Gasteiger partial charge is 0.493 e. The van der Waals surface area contributed by atoms with Crippen LogP contribution in [-0.4, -0.2) is 23.9 Å². The van der Waals surface area contributed by atoms with Crippen LogP contribution < -0.4 is 15.2 Å². The monoisotopic (exact) mass is 373 g/mol. The molecule has 3 rings (SSSR count). The number of rotatable bonds is 6. The summed E-state index contributed by atoms with van der Waals surface area (Å²) in [5, 5.41) is 3.89. The molecule has 1 aliphatic rings. The van der Waals surface area contributed by atoms with Crippen LogP contribution in [-0.2, 0) is 5.54 Å². The lowest BCUT2D eigenvalue weighted by atomic mass is 9.77. The highest BCUT2D eigenvalue weighted by Gasteiger charge is 2.38. The van der Waals surface area contributed by atoms with Gasteiger partial charge in [-0.05, 0) is 31.4 Å². The Hall–Kier alpha value is -2.19. The van der Waals surface area contributed by atoms with Crippen molar-refractivity contribution in [2.45, 2.75) is 31.4 Å². The van der Waals surface area contributed by atoms with Crippen LogP contribution in [0.1, 0.15) is 36.5 Å². The molecule has 0 bridgehead atoms. The number of nitrogens with zero attached hydrogens (tertiary/aromatic N) is 2. The van der Waals surface area contributed by atoms with Crippen LogP contribution in [0.3, 0.4) is 0 Å². The number of alkyl halides is 2. The van der Waals surface area contributed by atoms with E-state index < -0.39 is 12.2 Å². The van der Waals surface area contributed by atoms with E-state index in [0.29, 0.717) is 11.4 Å². The zero-order valence-electron chi connectivity index (χ0n) is 13.4. The lowest BCUT2D eigenvalue weighted by molar-refractivity contribution is -0.0513. The Bertz CT molecular complexity index is 748. The molecule has 1 fully saturated rings. The molecule has 0 saturated heterocycles. The van der Waals surface area contributed by atoms with Gasteiger partial charge in [0.15, 0.2) is 17.3 Å². The van der Waals surface area contributed by atoms with Gasteiger partial charge in [0.25, 0.3) is 5.89 Å². The standard InChI is InChI=1S/C16H17F2N3O3.ClH/c1-22-11-5-2-4-10(13(11)23-15(17)18)6-7-12-20-14(21-24-12)16(19)8-3-9-16;/h2,4-7,15H,3,8-9,19H2,1H3;1H/b7-6+;. The summed E-state index contributed by atoms with van der Waals surface area (Å²) in [5.41, 5.74) is 6.02. The summed E-state index contributed by atoms with van der Waals surface area (Å²) >= 11 is 0. The van der Waals surface area contributed by atoms with E-state index in [0.717, 1.165) is 19.3 Å². The van der Waals surface area contributed by atoms with Gasteiger partial charge < -0.3 is 19.7 Å². The lowest BCUT2D eigenvalue weighted by Gasteiger charge is -2.34. The molecular weight excluding hydrogens is 356 g/mol. The van der Waals surface area contributed by atoms with Crippen LogP contribution in [0.25, 0.3) is 12.2 Å². The number of halogens is 3. The van der Waals surface area contributed by atoms with Crippen LogP contribution in [0.4, 0.5) is 8.78 Å². The molecule has 0 atom stereocenters. The van der Waals surface area contributed by atoms with Gasteiger partial charge in [0.2, 0.25) is 0 Å². The van der Waals surface area contributed by atoms with Crippen LogP contribution >= 0.6 is 12.4 Å². The molecular formula is C16H18ClF2N3O3. The average Bonchev–Trinajstić information content (AvgIpc) is 3.00. The summed E-state index contributed by atoms with van der Waals surface area (Å²) < 4.78 is 39.9. The number of methoxy groups -OCH3 is 1. The highest BCUT2D eigenvalue weighted by Crippen LogP contribution is 2.37. The molecule has 9 heteroatoms. The normalized spacial score (nSPS) is 15.7. The highest BCUT2D eigenvalue weighted by molar-refractivity contribution is 5.85. The smallest absolute Gasteiger partial charge is 0.387 e. The fourth-order valence-corrected chi connectivity index (χ4v) is 2.49. The summed E-state index contributed by atoms with van der Waals surface area (Å²) in [5.74, 6) is 0.856. The number of ether oxygens (including phenoxy) is 2. The predicted molar refractivity (Wildman–Crippen MR) is 89.8 cm³/mol. The number of nitrogens with two attached hydrogens (primary N) is 1. The molecule has 6 nitrogen and oxygen atoms in total. The minimum absolute atomic E-state index is 0. The van der Waals surface area contributed by atoms with E-state index >= 15 is 0 Å². The van der Waals surface area contributed by atoms with Crippen molar-refractivity contribution in [2.24, 2.45) is 5.73 Å². The van der Waals surface area contributed by atoms with Gasteiger partial charge in [0.1, 0.15) is 0 Å². The Morgan fingerprint density at radius 3 is 2.68 bits per heavy atom. The Labute approximate surface area is 149 Å². The maximum absolute atomic E-state index is 12.6. The van der Waals surface area contributed by atoms with E-state index in [9.17, 15) is 8.78 Å². The van der Waals surface area contributed by atoms with E-state index in [1.54, 1.807) is 18.2 Å². The molecule has 1 heterocycles.